The molecule has 0 spiro atoms. The average molecular weight is 911 g/mol. The van der Waals surface area contributed by atoms with Crippen molar-refractivity contribution in [2.75, 3.05) is 19.8 Å². The highest BCUT2D eigenvalue weighted by Crippen LogP contribution is 2.47. The van der Waals surface area contributed by atoms with Gasteiger partial charge in [0.05, 0.1) is 13.2 Å². The first kappa shape index (κ1) is 58.8. The molecule has 6 unspecified atom stereocenters. The molecule has 6 atom stereocenters. The number of carbonyl (C=O) groups excluding carboxylic acids is 1. The summed E-state index contributed by atoms with van der Waals surface area (Å²) in [6.07, 6.45) is 39.7. The highest BCUT2D eigenvalue weighted by Gasteiger charge is 2.51. The Morgan fingerprint density at radius 3 is 1.43 bits per heavy atom. The molecule has 1 aliphatic rings. The zero-order valence-electron chi connectivity index (χ0n) is 38.8. The fraction of sp³-hybridized carbons (Fsp3) is 0.740. The lowest BCUT2D eigenvalue weighted by Gasteiger charge is -2.41. The molecule has 0 aliphatic heterocycles. The van der Waals surface area contributed by atoms with Crippen molar-refractivity contribution >= 4 is 13.8 Å². The molecule has 0 aromatic rings. The van der Waals surface area contributed by atoms with Crippen LogP contribution in [0.2, 0.25) is 0 Å². The number of phosphoric acid groups is 1. The Balaban J connectivity index is 2.36. The lowest BCUT2D eigenvalue weighted by Crippen LogP contribution is -2.64. The van der Waals surface area contributed by atoms with Crippen LogP contribution in [-0.4, -0.2) is 98.9 Å². The van der Waals surface area contributed by atoms with E-state index in [0.29, 0.717) is 13.0 Å². The van der Waals surface area contributed by atoms with E-state index in [1.807, 2.05) is 0 Å². The summed E-state index contributed by atoms with van der Waals surface area (Å²) in [5.41, 5.74) is 0. The zero-order valence-corrected chi connectivity index (χ0v) is 39.7. The number of phosphoric ester groups is 1. The van der Waals surface area contributed by atoms with Crippen molar-refractivity contribution in [1.82, 2.24) is 0 Å². The van der Waals surface area contributed by atoms with Gasteiger partial charge in [-0.15, -0.1) is 0 Å². The predicted molar refractivity (Wildman–Crippen MR) is 253 cm³/mol. The summed E-state index contributed by atoms with van der Waals surface area (Å²) >= 11 is 0. The molecule has 1 saturated carbocycles. The Hall–Kier alpha value is -2.22. The molecule has 364 valence electrons. The highest BCUT2D eigenvalue weighted by molar-refractivity contribution is 7.47. The van der Waals surface area contributed by atoms with Gasteiger partial charge in [0, 0.05) is 13.0 Å². The number of carbonyl (C=O) groups is 1. The van der Waals surface area contributed by atoms with E-state index in [4.69, 9.17) is 18.5 Å². The first-order chi connectivity index (χ1) is 30.5. The standard InChI is InChI=1S/C50H87O12P/c1-3-5-7-9-11-13-15-17-19-20-21-22-23-24-25-26-28-30-32-34-36-38-40-59-41-43(42-60-63(57,58)62-50-48(55)46(53)45(52)47(54)49(50)56)61-44(51)39-37-35-33-31-29-27-18-16-14-12-10-8-6-4-2/h5,7,10-13,16-19,21-22,43,45-50,52-56H,3-4,6,8-9,14-15,20,23-42H2,1-2H3,(H,57,58)/b7-5-,12-10-,13-11-,18-16-,19-17-,22-21-. The van der Waals surface area contributed by atoms with E-state index in [1.54, 1.807) is 0 Å². The average Bonchev–Trinajstić information content (AvgIpc) is 3.27. The van der Waals surface area contributed by atoms with Crippen molar-refractivity contribution in [2.45, 2.75) is 217 Å². The van der Waals surface area contributed by atoms with E-state index in [1.165, 1.54) is 44.9 Å². The fourth-order valence-electron chi connectivity index (χ4n) is 6.95. The van der Waals surface area contributed by atoms with Gasteiger partial charge >= 0.3 is 13.8 Å². The summed E-state index contributed by atoms with van der Waals surface area (Å²) in [7, 11) is -5.03. The number of unbranched alkanes of at least 4 members (excludes halogenated alkanes) is 16. The zero-order chi connectivity index (χ0) is 46.2. The second-order valence-corrected chi connectivity index (χ2v) is 18.0. The van der Waals surface area contributed by atoms with Gasteiger partial charge in [0.25, 0.3) is 0 Å². The molecular formula is C50H87O12P. The molecule has 6 N–H and O–H groups in total. The van der Waals surface area contributed by atoms with Crippen molar-refractivity contribution in [3.05, 3.63) is 72.9 Å². The molecule has 63 heavy (non-hydrogen) atoms. The maximum absolute atomic E-state index is 12.8. The van der Waals surface area contributed by atoms with Crippen LogP contribution in [0, 0.1) is 0 Å². The van der Waals surface area contributed by atoms with E-state index in [0.717, 1.165) is 103 Å². The molecule has 0 radical (unpaired) electrons. The van der Waals surface area contributed by atoms with Gasteiger partial charge in [-0.25, -0.2) is 4.57 Å². The fourth-order valence-corrected chi connectivity index (χ4v) is 7.92. The minimum Gasteiger partial charge on any atom is -0.457 e. The second kappa shape index (κ2) is 40.1. The van der Waals surface area contributed by atoms with Crippen LogP contribution in [0.25, 0.3) is 0 Å². The van der Waals surface area contributed by atoms with Crippen LogP contribution < -0.4 is 0 Å². The molecule has 0 heterocycles. The normalized spacial score (nSPS) is 22.5. The van der Waals surface area contributed by atoms with E-state index in [9.17, 15) is 39.8 Å². The van der Waals surface area contributed by atoms with Crippen LogP contribution in [0.3, 0.4) is 0 Å². The molecule has 1 fully saturated rings. The molecule has 0 aromatic carbocycles. The molecule has 1 aliphatic carbocycles. The molecule has 1 rings (SSSR count). The summed E-state index contributed by atoms with van der Waals surface area (Å²) in [5.74, 6) is -0.496. The van der Waals surface area contributed by atoms with Crippen molar-refractivity contribution in [2.24, 2.45) is 0 Å². The molecule has 13 heteroatoms. The third-order valence-electron chi connectivity index (χ3n) is 10.8. The number of hydrogen-bond donors (Lipinski definition) is 6. The third kappa shape index (κ3) is 32.2. The third-order valence-corrected chi connectivity index (χ3v) is 11.8. The van der Waals surface area contributed by atoms with Crippen LogP contribution in [0.5, 0.6) is 0 Å². The topological polar surface area (TPSA) is 192 Å². The summed E-state index contributed by atoms with van der Waals surface area (Å²) in [6.45, 7) is 4.07. The van der Waals surface area contributed by atoms with Gasteiger partial charge in [0.1, 0.15) is 42.7 Å². The number of aliphatic hydroxyl groups excluding tert-OH is 5. The van der Waals surface area contributed by atoms with Crippen LogP contribution in [0.4, 0.5) is 0 Å². The van der Waals surface area contributed by atoms with Gasteiger partial charge in [-0.3, -0.25) is 13.8 Å². The number of ether oxygens (including phenoxy) is 2. The van der Waals surface area contributed by atoms with E-state index >= 15 is 0 Å². The summed E-state index contributed by atoms with van der Waals surface area (Å²) < 4.78 is 34.2. The van der Waals surface area contributed by atoms with Gasteiger partial charge in [0.2, 0.25) is 0 Å². The SMILES string of the molecule is CC/C=C\C/C=C\C/C=C\C/C=C\CCCCCCCCCCCOCC(COP(=O)(O)OC1C(O)C(O)C(O)C(O)C1O)OC(=O)CCCCCCC/C=C\C/C=C\CCCC. The number of hydrogen-bond acceptors (Lipinski definition) is 11. The van der Waals surface area contributed by atoms with Gasteiger partial charge in [0.15, 0.2) is 0 Å². The van der Waals surface area contributed by atoms with E-state index in [2.05, 4.69) is 86.8 Å². The predicted octanol–water partition coefficient (Wildman–Crippen LogP) is 10.4. The van der Waals surface area contributed by atoms with Crippen molar-refractivity contribution in [1.29, 1.82) is 0 Å². The molecular weight excluding hydrogens is 824 g/mol. The Morgan fingerprint density at radius 1 is 0.524 bits per heavy atom. The summed E-state index contributed by atoms with van der Waals surface area (Å²) in [6, 6.07) is 0. The minimum absolute atomic E-state index is 0.0903. The maximum atomic E-state index is 12.8. The van der Waals surface area contributed by atoms with Crippen molar-refractivity contribution in [3.8, 4) is 0 Å². The van der Waals surface area contributed by atoms with E-state index < -0.39 is 63.1 Å². The lowest BCUT2D eigenvalue weighted by molar-refractivity contribution is -0.220. The van der Waals surface area contributed by atoms with Gasteiger partial charge in [-0.2, -0.15) is 0 Å². The van der Waals surface area contributed by atoms with E-state index in [-0.39, 0.29) is 13.0 Å². The highest BCUT2D eigenvalue weighted by atomic mass is 31.2. The summed E-state index contributed by atoms with van der Waals surface area (Å²) in [4.78, 5) is 23.2. The molecule has 0 amide bonds. The minimum atomic E-state index is -5.03. The molecule has 0 bridgehead atoms. The van der Waals surface area contributed by atoms with Crippen LogP contribution in [0.15, 0.2) is 72.9 Å². The number of esters is 1. The Labute approximate surface area is 380 Å². The number of aliphatic hydroxyl groups is 5. The van der Waals surface area contributed by atoms with Crippen molar-refractivity contribution < 1.29 is 58.3 Å². The van der Waals surface area contributed by atoms with Crippen LogP contribution in [-0.2, 0) is 27.9 Å². The Kier molecular flexibility index (Phi) is 37.4. The number of rotatable bonds is 40. The first-order valence-electron chi connectivity index (χ1n) is 24.3. The lowest BCUT2D eigenvalue weighted by atomic mass is 9.85. The van der Waals surface area contributed by atoms with Crippen LogP contribution in [0.1, 0.15) is 174 Å². The molecule has 12 nitrogen and oxygen atoms in total. The molecule has 0 aromatic heterocycles. The first-order valence-corrected chi connectivity index (χ1v) is 25.8. The largest absolute Gasteiger partial charge is 0.472 e. The van der Waals surface area contributed by atoms with Gasteiger partial charge in [-0.1, -0.05) is 164 Å². The van der Waals surface area contributed by atoms with Gasteiger partial charge < -0.3 is 39.9 Å². The Morgan fingerprint density at radius 2 is 0.937 bits per heavy atom. The Bertz CT molecular complexity index is 1310. The quantitative estimate of drug-likeness (QED) is 0.0148. The summed E-state index contributed by atoms with van der Waals surface area (Å²) in [5, 5.41) is 50.2. The van der Waals surface area contributed by atoms with Crippen LogP contribution >= 0.6 is 7.82 Å². The van der Waals surface area contributed by atoms with Crippen molar-refractivity contribution in [3.63, 3.8) is 0 Å². The maximum Gasteiger partial charge on any atom is 0.472 e. The smallest absolute Gasteiger partial charge is 0.457 e. The molecule has 0 saturated heterocycles. The number of allylic oxidation sites excluding steroid dienone is 12. The van der Waals surface area contributed by atoms with Gasteiger partial charge in [-0.05, 0) is 77.0 Å². The second-order valence-electron chi connectivity index (χ2n) is 16.6. The monoisotopic (exact) mass is 911 g/mol.